The van der Waals surface area contributed by atoms with Gasteiger partial charge in [-0.1, -0.05) is 29.3 Å². The normalized spacial score (nSPS) is 13.8. The van der Waals surface area contributed by atoms with Crippen molar-refractivity contribution < 1.29 is 0 Å². The van der Waals surface area contributed by atoms with Crippen molar-refractivity contribution in [1.82, 2.24) is 14.8 Å². The molecule has 1 aliphatic rings. The molecule has 0 unspecified atom stereocenters. The fourth-order valence-electron chi connectivity index (χ4n) is 3.21. The summed E-state index contributed by atoms with van der Waals surface area (Å²) in [7, 11) is 0. The topological polar surface area (TPSA) is 42.7 Å². The second-order valence-electron chi connectivity index (χ2n) is 6.16. The number of nitrogens with zero attached hydrogens (tertiary/aromatic N) is 3. The van der Waals surface area contributed by atoms with Crippen molar-refractivity contribution in [3.05, 3.63) is 69.6 Å². The van der Waals surface area contributed by atoms with E-state index in [4.69, 9.17) is 28.3 Å². The number of rotatable bonds is 3. The number of anilines is 1. The second-order valence-corrected chi connectivity index (χ2v) is 7.01. The number of fused-ring (bicyclic) bond motifs is 1. The van der Waals surface area contributed by atoms with Crippen molar-refractivity contribution in [3.8, 4) is 5.69 Å². The maximum absolute atomic E-state index is 6.42. The van der Waals surface area contributed by atoms with E-state index in [1.807, 2.05) is 41.2 Å². The number of hydrogen-bond acceptors (Lipinski definition) is 3. The molecule has 4 nitrogen and oxygen atoms in total. The molecule has 0 radical (unpaired) electrons. The Balaban J connectivity index is 1.83. The summed E-state index contributed by atoms with van der Waals surface area (Å²) in [5.74, 6) is 1.02. The molecule has 25 heavy (non-hydrogen) atoms. The monoisotopic (exact) mass is 372 g/mol. The lowest BCUT2D eigenvalue weighted by molar-refractivity contribution is 0.766. The average Bonchev–Trinajstić information content (AvgIpc) is 2.80. The molecule has 128 valence electrons. The smallest absolute Gasteiger partial charge is 0.133 e. The molecule has 1 N–H and O–H groups in total. The molecule has 1 aliphatic heterocycles. The van der Waals surface area contributed by atoms with Crippen LogP contribution in [0, 0.1) is 0 Å². The maximum atomic E-state index is 6.42. The Morgan fingerprint density at radius 3 is 2.88 bits per heavy atom. The van der Waals surface area contributed by atoms with E-state index in [9.17, 15) is 0 Å². The van der Waals surface area contributed by atoms with Crippen LogP contribution in [0.25, 0.3) is 5.69 Å². The molecule has 1 aromatic carbocycles. The first kappa shape index (κ1) is 16.4. The molecule has 0 saturated heterocycles. The molecule has 3 heterocycles. The highest BCUT2D eigenvalue weighted by Crippen LogP contribution is 2.32. The van der Waals surface area contributed by atoms with Gasteiger partial charge in [-0.25, -0.2) is 4.68 Å². The van der Waals surface area contributed by atoms with Gasteiger partial charge >= 0.3 is 0 Å². The summed E-state index contributed by atoms with van der Waals surface area (Å²) < 4.78 is 1.90. The Bertz CT molecular complexity index is 890. The summed E-state index contributed by atoms with van der Waals surface area (Å²) in [6.07, 6.45) is 5.81. The molecule has 2 aromatic heterocycles. The van der Waals surface area contributed by atoms with Crippen LogP contribution in [0.2, 0.25) is 10.0 Å². The number of nitrogens with one attached hydrogen (secondary N) is 1. The number of pyridine rings is 1. The van der Waals surface area contributed by atoms with Gasteiger partial charge in [0.25, 0.3) is 0 Å². The molecular weight excluding hydrogens is 355 g/mol. The Kier molecular flexibility index (Phi) is 4.64. The highest BCUT2D eigenvalue weighted by atomic mass is 35.5. The lowest BCUT2D eigenvalue weighted by Gasteiger charge is -2.11. The van der Waals surface area contributed by atoms with E-state index in [1.165, 1.54) is 5.56 Å². The van der Waals surface area contributed by atoms with Crippen LogP contribution in [-0.4, -0.2) is 21.3 Å². The zero-order valence-electron chi connectivity index (χ0n) is 13.7. The van der Waals surface area contributed by atoms with Crippen LogP contribution in [-0.2, 0) is 12.8 Å². The first-order chi connectivity index (χ1) is 12.2. The number of halogens is 2. The second kappa shape index (κ2) is 7.06. The van der Waals surface area contributed by atoms with Gasteiger partial charge in [-0.2, -0.15) is 5.10 Å². The fourth-order valence-corrected chi connectivity index (χ4v) is 3.58. The lowest BCUT2D eigenvalue weighted by Crippen LogP contribution is -2.07. The van der Waals surface area contributed by atoms with Crippen molar-refractivity contribution in [2.75, 3.05) is 11.9 Å². The lowest BCUT2D eigenvalue weighted by atomic mass is 10.1. The molecule has 0 amide bonds. The van der Waals surface area contributed by atoms with E-state index in [-0.39, 0.29) is 0 Å². The molecule has 0 fully saturated rings. The third-order valence-electron chi connectivity index (χ3n) is 4.42. The number of aromatic nitrogens is 3. The third kappa shape index (κ3) is 3.37. The van der Waals surface area contributed by atoms with Crippen LogP contribution >= 0.6 is 23.2 Å². The van der Waals surface area contributed by atoms with Crippen molar-refractivity contribution in [1.29, 1.82) is 0 Å². The number of hydrogen-bond donors (Lipinski definition) is 1. The molecule has 0 spiro atoms. The summed E-state index contributed by atoms with van der Waals surface area (Å²) in [6.45, 7) is 0.930. The highest BCUT2D eigenvalue weighted by Gasteiger charge is 2.22. The van der Waals surface area contributed by atoms with Gasteiger partial charge in [0.15, 0.2) is 0 Å². The van der Waals surface area contributed by atoms with Crippen LogP contribution in [0.5, 0.6) is 0 Å². The van der Waals surface area contributed by atoms with Gasteiger partial charge in [-0.05, 0) is 49.6 Å². The molecule has 0 bridgehead atoms. The van der Waals surface area contributed by atoms with Crippen molar-refractivity contribution >= 4 is 29.0 Å². The summed E-state index contributed by atoms with van der Waals surface area (Å²) in [5, 5.41) is 9.67. The summed E-state index contributed by atoms with van der Waals surface area (Å²) >= 11 is 12.6. The fraction of sp³-hybridized carbons (Fsp3) is 0.263. The van der Waals surface area contributed by atoms with E-state index in [1.54, 1.807) is 6.07 Å². The van der Waals surface area contributed by atoms with Gasteiger partial charge in [0.1, 0.15) is 5.82 Å². The van der Waals surface area contributed by atoms with Crippen LogP contribution < -0.4 is 5.32 Å². The largest absolute Gasteiger partial charge is 0.370 e. The minimum Gasteiger partial charge on any atom is -0.370 e. The summed E-state index contributed by atoms with van der Waals surface area (Å²) in [5.41, 5.74) is 4.10. The van der Waals surface area contributed by atoms with Crippen LogP contribution in [0.15, 0.2) is 42.6 Å². The SMILES string of the molecule is Clc1ccc(Cl)c(-n2nc(Cc3ccccn3)c3c2NCCCC3)c1. The zero-order valence-corrected chi connectivity index (χ0v) is 15.2. The third-order valence-corrected chi connectivity index (χ3v) is 4.98. The molecular formula is C19H18Cl2N4. The Morgan fingerprint density at radius 1 is 1.12 bits per heavy atom. The molecule has 3 aromatic rings. The van der Waals surface area contributed by atoms with E-state index in [2.05, 4.69) is 10.3 Å². The van der Waals surface area contributed by atoms with Crippen molar-refractivity contribution in [3.63, 3.8) is 0 Å². The summed E-state index contributed by atoms with van der Waals surface area (Å²) in [4.78, 5) is 4.44. The van der Waals surface area contributed by atoms with Gasteiger partial charge < -0.3 is 5.32 Å². The predicted molar refractivity (Wildman–Crippen MR) is 102 cm³/mol. The van der Waals surface area contributed by atoms with Gasteiger partial charge in [-0.3, -0.25) is 4.98 Å². The first-order valence-corrected chi connectivity index (χ1v) is 9.18. The molecule has 0 aliphatic carbocycles. The molecule has 0 atom stereocenters. The minimum absolute atomic E-state index is 0.630. The quantitative estimate of drug-likeness (QED) is 0.709. The Labute approximate surface area is 156 Å². The molecule has 0 saturated carbocycles. The minimum atomic E-state index is 0.630. The van der Waals surface area contributed by atoms with E-state index in [0.717, 1.165) is 48.7 Å². The van der Waals surface area contributed by atoms with Crippen molar-refractivity contribution in [2.24, 2.45) is 0 Å². The molecule has 4 rings (SSSR count). The standard InChI is InChI=1S/C19H18Cl2N4/c20-13-7-8-16(21)18(11-13)25-19-15(6-2-4-10-23-19)17(24-25)12-14-5-1-3-9-22-14/h1,3,5,7-9,11,23H,2,4,6,10,12H2. The summed E-state index contributed by atoms with van der Waals surface area (Å²) in [6, 6.07) is 11.4. The van der Waals surface area contributed by atoms with E-state index < -0.39 is 0 Å². The zero-order chi connectivity index (χ0) is 17.2. The predicted octanol–water partition coefficient (Wildman–Crippen LogP) is 4.91. The van der Waals surface area contributed by atoms with Gasteiger partial charge in [0.2, 0.25) is 0 Å². The van der Waals surface area contributed by atoms with Crippen LogP contribution in [0.4, 0.5) is 5.82 Å². The number of benzene rings is 1. The molecule has 6 heteroatoms. The van der Waals surface area contributed by atoms with E-state index >= 15 is 0 Å². The van der Waals surface area contributed by atoms with Gasteiger partial charge in [0.05, 0.1) is 16.4 Å². The van der Waals surface area contributed by atoms with Crippen LogP contribution in [0.3, 0.4) is 0 Å². The maximum Gasteiger partial charge on any atom is 0.133 e. The average molecular weight is 373 g/mol. The van der Waals surface area contributed by atoms with E-state index in [0.29, 0.717) is 16.5 Å². The highest BCUT2D eigenvalue weighted by molar-refractivity contribution is 6.34. The van der Waals surface area contributed by atoms with Crippen LogP contribution in [0.1, 0.15) is 29.8 Å². The first-order valence-electron chi connectivity index (χ1n) is 8.42. The van der Waals surface area contributed by atoms with Gasteiger partial charge in [0, 0.05) is 35.4 Å². The Hall–Kier alpha value is -2.04. The Morgan fingerprint density at radius 2 is 2.04 bits per heavy atom. The van der Waals surface area contributed by atoms with Gasteiger partial charge in [-0.15, -0.1) is 0 Å². The van der Waals surface area contributed by atoms with Crippen molar-refractivity contribution in [2.45, 2.75) is 25.7 Å².